The van der Waals surface area contributed by atoms with Gasteiger partial charge in [0.05, 0.1) is 0 Å². The molecule has 0 saturated heterocycles. The third-order valence-corrected chi connectivity index (χ3v) is 4.73. The largest absolute Gasteiger partial charge is 0.490 e. The van der Waals surface area contributed by atoms with Crippen molar-refractivity contribution in [3.63, 3.8) is 0 Å². The first kappa shape index (κ1) is 24.5. The lowest BCUT2D eigenvalue weighted by molar-refractivity contribution is 0.208. The zero-order valence-electron chi connectivity index (χ0n) is 19.9. The van der Waals surface area contributed by atoms with E-state index in [4.69, 9.17) is 18.9 Å². The van der Waals surface area contributed by atoms with Crippen molar-refractivity contribution in [3.05, 3.63) is 84.4 Å². The summed E-state index contributed by atoms with van der Waals surface area (Å²) in [4.78, 5) is 0. The minimum Gasteiger partial charge on any atom is -0.490 e. The van der Waals surface area contributed by atoms with Crippen LogP contribution in [-0.4, -0.2) is 33.0 Å². The fourth-order valence-corrected chi connectivity index (χ4v) is 3.14. The first-order valence-electron chi connectivity index (χ1n) is 11.4. The lowest BCUT2D eigenvalue weighted by Gasteiger charge is -2.20. The predicted molar refractivity (Wildman–Crippen MR) is 132 cm³/mol. The fraction of sp³-hybridized carbons (Fsp3) is 0.357. The molecule has 5 heteroatoms. The SMILES string of the molecule is CC(C)(C)CNCc1ccc(OCCOc2ccccc2)cc1OCCOc1ccccc1. The van der Waals surface area contributed by atoms with Crippen LogP contribution in [0, 0.1) is 5.41 Å². The van der Waals surface area contributed by atoms with Crippen LogP contribution >= 0.6 is 0 Å². The molecular weight excluding hydrogens is 414 g/mol. The van der Waals surface area contributed by atoms with Gasteiger partial charge in [-0.25, -0.2) is 0 Å². The van der Waals surface area contributed by atoms with Crippen molar-refractivity contribution in [1.82, 2.24) is 5.32 Å². The Balaban J connectivity index is 1.53. The van der Waals surface area contributed by atoms with Crippen molar-refractivity contribution in [3.8, 4) is 23.0 Å². The van der Waals surface area contributed by atoms with Gasteiger partial charge < -0.3 is 24.3 Å². The van der Waals surface area contributed by atoms with Gasteiger partial charge in [0.25, 0.3) is 0 Å². The van der Waals surface area contributed by atoms with Crippen LogP contribution < -0.4 is 24.3 Å². The van der Waals surface area contributed by atoms with Crippen LogP contribution in [0.2, 0.25) is 0 Å². The van der Waals surface area contributed by atoms with Gasteiger partial charge in [0.15, 0.2) is 0 Å². The summed E-state index contributed by atoms with van der Waals surface area (Å²) in [6.45, 7) is 10.1. The van der Waals surface area contributed by atoms with E-state index in [-0.39, 0.29) is 5.41 Å². The molecule has 0 aromatic heterocycles. The summed E-state index contributed by atoms with van der Waals surface area (Å²) in [7, 11) is 0. The summed E-state index contributed by atoms with van der Waals surface area (Å²) in [5.41, 5.74) is 1.30. The van der Waals surface area contributed by atoms with Gasteiger partial charge in [0.1, 0.15) is 49.4 Å². The lowest BCUT2D eigenvalue weighted by atomic mass is 9.97. The minimum atomic E-state index is 0.215. The van der Waals surface area contributed by atoms with Crippen LogP contribution in [-0.2, 0) is 6.54 Å². The van der Waals surface area contributed by atoms with Gasteiger partial charge >= 0.3 is 0 Å². The Hall–Kier alpha value is -3.18. The summed E-state index contributed by atoms with van der Waals surface area (Å²) in [6.07, 6.45) is 0. The highest BCUT2D eigenvalue weighted by atomic mass is 16.5. The maximum Gasteiger partial charge on any atom is 0.127 e. The molecule has 3 aromatic rings. The van der Waals surface area contributed by atoms with E-state index in [1.807, 2.05) is 72.8 Å². The molecule has 0 saturated carbocycles. The smallest absolute Gasteiger partial charge is 0.127 e. The maximum absolute atomic E-state index is 6.08. The Bertz CT molecular complexity index is 939. The monoisotopic (exact) mass is 449 g/mol. The molecule has 0 atom stereocenters. The Kier molecular flexibility index (Phi) is 9.45. The van der Waals surface area contributed by atoms with E-state index in [0.717, 1.165) is 41.7 Å². The van der Waals surface area contributed by atoms with Crippen molar-refractivity contribution >= 4 is 0 Å². The number of nitrogens with one attached hydrogen (secondary N) is 1. The summed E-state index contributed by atoms with van der Waals surface area (Å²) in [5, 5.41) is 3.52. The molecule has 0 aliphatic carbocycles. The maximum atomic E-state index is 6.08. The van der Waals surface area contributed by atoms with E-state index in [0.29, 0.717) is 26.4 Å². The summed E-state index contributed by atoms with van der Waals surface area (Å²) in [5.74, 6) is 3.23. The molecule has 0 unspecified atom stereocenters. The molecule has 0 aliphatic rings. The van der Waals surface area contributed by atoms with E-state index < -0.39 is 0 Å². The number of benzene rings is 3. The second-order valence-electron chi connectivity index (χ2n) is 8.95. The Morgan fingerprint density at radius 1 is 0.606 bits per heavy atom. The number of rotatable bonds is 13. The normalized spacial score (nSPS) is 11.1. The van der Waals surface area contributed by atoms with Crippen molar-refractivity contribution < 1.29 is 18.9 Å². The second kappa shape index (κ2) is 12.8. The van der Waals surface area contributed by atoms with E-state index in [2.05, 4.69) is 32.2 Å². The van der Waals surface area contributed by atoms with E-state index in [1.54, 1.807) is 0 Å². The Morgan fingerprint density at radius 3 is 1.67 bits per heavy atom. The topological polar surface area (TPSA) is 49.0 Å². The molecule has 33 heavy (non-hydrogen) atoms. The van der Waals surface area contributed by atoms with Crippen LogP contribution in [0.4, 0.5) is 0 Å². The van der Waals surface area contributed by atoms with Crippen molar-refractivity contribution in [2.45, 2.75) is 27.3 Å². The van der Waals surface area contributed by atoms with E-state index >= 15 is 0 Å². The summed E-state index contributed by atoms with van der Waals surface area (Å²) >= 11 is 0. The molecule has 0 aliphatic heterocycles. The number of hydrogen-bond acceptors (Lipinski definition) is 5. The minimum absolute atomic E-state index is 0.215. The van der Waals surface area contributed by atoms with E-state index in [1.165, 1.54) is 0 Å². The number of ether oxygens (including phenoxy) is 4. The fourth-order valence-electron chi connectivity index (χ4n) is 3.14. The third kappa shape index (κ3) is 9.46. The van der Waals surface area contributed by atoms with Crippen molar-refractivity contribution in [2.75, 3.05) is 33.0 Å². The van der Waals surface area contributed by atoms with Gasteiger partial charge in [0, 0.05) is 24.7 Å². The van der Waals surface area contributed by atoms with Gasteiger partial charge in [0.2, 0.25) is 0 Å². The van der Waals surface area contributed by atoms with Gasteiger partial charge in [-0.3, -0.25) is 0 Å². The average molecular weight is 450 g/mol. The molecule has 3 aromatic carbocycles. The van der Waals surface area contributed by atoms with Crippen LogP contribution in [0.3, 0.4) is 0 Å². The van der Waals surface area contributed by atoms with Gasteiger partial charge in [-0.05, 0) is 35.7 Å². The summed E-state index contributed by atoms with van der Waals surface area (Å²) < 4.78 is 23.4. The summed E-state index contributed by atoms with van der Waals surface area (Å²) in [6, 6.07) is 25.5. The molecule has 5 nitrogen and oxygen atoms in total. The molecule has 0 spiro atoms. The second-order valence-corrected chi connectivity index (χ2v) is 8.95. The lowest BCUT2D eigenvalue weighted by Crippen LogP contribution is -2.26. The van der Waals surface area contributed by atoms with Crippen LogP contribution in [0.15, 0.2) is 78.9 Å². The molecule has 176 valence electrons. The molecular formula is C28H35NO4. The highest BCUT2D eigenvalue weighted by Crippen LogP contribution is 2.26. The Labute approximate surface area is 197 Å². The molecule has 0 heterocycles. The Morgan fingerprint density at radius 2 is 1.12 bits per heavy atom. The average Bonchev–Trinajstić information content (AvgIpc) is 2.81. The molecule has 0 radical (unpaired) electrons. The molecule has 3 rings (SSSR count). The molecule has 0 bridgehead atoms. The van der Waals surface area contributed by atoms with Crippen LogP contribution in [0.5, 0.6) is 23.0 Å². The third-order valence-electron chi connectivity index (χ3n) is 4.73. The van der Waals surface area contributed by atoms with Crippen LogP contribution in [0.25, 0.3) is 0 Å². The van der Waals surface area contributed by atoms with Crippen molar-refractivity contribution in [2.24, 2.45) is 5.41 Å². The van der Waals surface area contributed by atoms with Gasteiger partial charge in [-0.2, -0.15) is 0 Å². The zero-order valence-corrected chi connectivity index (χ0v) is 19.9. The standard InChI is InChI=1S/C28H35NO4/c1-28(2,3)22-29-21-23-14-15-26(32-17-16-30-24-10-6-4-7-11-24)20-27(23)33-19-18-31-25-12-8-5-9-13-25/h4-15,20,29H,16-19,21-22H2,1-3H3. The molecule has 0 fully saturated rings. The number of hydrogen-bond donors (Lipinski definition) is 1. The first-order chi connectivity index (χ1) is 16.0. The zero-order chi connectivity index (χ0) is 23.4. The molecule has 1 N–H and O–H groups in total. The van der Waals surface area contributed by atoms with E-state index in [9.17, 15) is 0 Å². The van der Waals surface area contributed by atoms with Gasteiger partial charge in [-0.15, -0.1) is 0 Å². The number of para-hydroxylation sites is 2. The highest BCUT2D eigenvalue weighted by molar-refractivity contribution is 5.41. The van der Waals surface area contributed by atoms with Gasteiger partial charge in [-0.1, -0.05) is 63.2 Å². The first-order valence-corrected chi connectivity index (χ1v) is 11.4. The van der Waals surface area contributed by atoms with Crippen LogP contribution in [0.1, 0.15) is 26.3 Å². The quantitative estimate of drug-likeness (QED) is 0.337. The predicted octanol–water partition coefficient (Wildman–Crippen LogP) is 5.74. The molecule has 0 amide bonds. The highest BCUT2D eigenvalue weighted by Gasteiger charge is 2.11. The van der Waals surface area contributed by atoms with Crippen molar-refractivity contribution in [1.29, 1.82) is 0 Å².